The molecule has 3 rings (SSSR count). The maximum Gasteiger partial charge on any atom is 0.268 e. The number of rotatable bonds is 3. The zero-order valence-corrected chi connectivity index (χ0v) is 14.0. The summed E-state index contributed by atoms with van der Waals surface area (Å²) < 4.78 is 0. The number of nitrogens with zero attached hydrogens (tertiary/aromatic N) is 2. The Hall–Kier alpha value is -2.86. The fourth-order valence-corrected chi connectivity index (χ4v) is 2.69. The predicted octanol–water partition coefficient (Wildman–Crippen LogP) is 3.04. The molecule has 0 fully saturated rings. The fourth-order valence-electron chi connectivity index (χ4n) is 2.51. The van der Waals surface area contributed by atoms with E-state index in [2.05, 4.69) is 20.3 Å². The van der Waals surface area contributed by atoms with E-state index in [0.29, 0.717) is 27.9 Å². The van der Waals surface area contributed by atoms with Crippen LogP contribution < -0.4 is 11.1 Å². The lowest BCUT2D eigenvalue weighted by Gasteiger charge is -2.07. The van der Waals surface area contributed by atoms with Gasteiger partial charge in [-0.05, 0) is 36.2 Å². The molecule has 0 unspecified atom stereocenters. The topological polar surface area (TPSA) is 96.7 Å². The van der Waals surface area contributed by atoms with Gasteiger partial charge in [-0.1, -0.05) is 17.7 Å². The average Bonchev–Trinajstić information content (AvgIpc) is 3.01. The minimum Gasteiger partial charge on any atom is -0.384 e. The van der Waals surface area contributed by atoms with Gasteiger partial charge < -0.3 is 16.0 Å². The largest absolute Gasteiger partial charge is 0.384 e. The first-order chi connectivity index (χ1) is 11.5. The Kier molecular flexibility index (Phi) is 4.22. The number of nitrogens with one attached hydrogen (secondary N) is 2. The molecule has 0 saturated carbocycles. The zero-order chi connectivity index (χ0) is 17.3. The SMILES string of the molecule is CNC(=O)c1[nH]c(-c2cc(N)ncn2)cc1-c1cc(Cl)ccc1C. The Morgan fingerprint density at radius 1 is 1.21 bits per heavy atom. The van der Waals surface area contributed by atoms with Crippen molar-refractivity contribution in [3.63, 3.8) is 0 Å². The summed E-state index contributed by atoms with van der Waals surface area (Å²) in [7, 11) is 1.58. The van der Waals surface area contributed by atoms with Crippen LogP contribution in [0.4, 0.5) is 5.82 Å². The molecule has 0 aliphatic heterocycles. The molecule has 0 atom stereocenters. The van der Waals surface area contributed by atoms with Crippen LogP contribution in [0.25, 0.3) is 22.5 Å². The van der Waals surface area contributed by atoms with E-state index in [4.69, 9.17) is 17.3 Å². The van der Waals surface area contributed by atoms with Gasteiger partial charge in [-0.15, -0.1) is 0 Å². The standard InChI is InChI=1S/C17H16ClN5O/c1-9-3-4-10(18)5-11(9)12-6-14(23-16(12)17(24)20-2)13-7-15(19)22-8-21-13/h3-8,23H,1-2H3,(H,20,24)(H2,19,21,22). The van der Waals surface area contributed by atoms with Crippen molar-refractivity contribution in [3.8, 4) is 22.5 Å². The van der Waals surface area contributed by atoms with Crippen molar-refractivity contribution >= 4 is 23.3 Å². The highest BCUT2D eigenvalue weighted by molar-refractivity contribution is 6.31. The van der Waals surface area contributed by atoms with Crippen LogP contribution in [0.15, 0.2) is 36.7 Å². The van der Waals surface area contributed by atoms with Crippen molar-refractivity contribution < 1.29 is 4.79 Å². The van der Waals surface area contributed by atoms with Crippen LogP contribution in [0.1, 0.15) is 16.1 Å². The molecule has 3 aromatic rings. The van der Waals surface area contributed by atoms with Crippen LogP contribution in [0.2, 0.25) is 5.02 Å². The second kappa shape index (κ2) is 6.33. The van der Waals surface area contributed by atoms with E-state index in [1.54, 1.807) is 13.1 Å². The zero-order valence-electron chi connectivity index (χ0n) is 13.2. The van der Waals surface area contributed by atoms with Crippen LogP contribution >= 0.6 is 11.6 Å². The normalized spacial score (nSPS) is 10.6. The van der Waals surface area contributed by atoms with Crippen molar-refractivity contribution in [2.45, 2.75) is 6.92 Å². The first kappa shape index (κ1) is 16.0. The molecule has 2 heterocycles. The number of aryl methyl sites for hydroxylation is 1. The number of carbonyl (C=O) groups excluding carboxylic acids is 1. The molecule has 4 N–H and O–H groups in total. The lowest BCUT2D eigenvalue weighted by atomic mass is 10.00. The number of nitrogen functional groups attached to an aromatic ring is 1. The van der Waals surface area contributed by atoms with Crippen LogP contribution in [-0.2, 0) is 0 Å². The first-order valence-electron chi connectivity index (χ1n) is 7.29. The Morgan fingerprint density at radius 3 is 2.71 bits per heavy atom. The fraction of sp³-hybridized carbons (Fsp3) is 0.118. The number of hydrogen-bond acceptors (Lipinski definition) is 4. The van der Waals surface area contributed by atoms with Crippen molar-refractivity contribution in [2.75, 3.05) is 12.8 Å². The summed E-state index contributed by atoms with van der Waals surface area (Å²) in [5.41, 5.74) is 10.1. The van der Waals surface area contributed by atoms with E-state index < -0.39 is 0 Å². The molecule has 2 aromatic heterocycles. The van der Waals surface area contributed by atoms with Gasteiger partial charge in [0, 0.05) is 23.7 Å². The lowest BCUT2D eigenvalue weighted by molar-refractivity contribution is 0.0959. The van der Waals surface area contributed by atoms with Crippen molar-refractivity contribution in [1.82, 2.24) is 20.3 Å². The van der Waals surface area contributed by atoms with Crippen molar-refractivity contribution in [2.24, 2.45) is 0 Å². The number of anilines is 1. The minimum atomic E-state index is -0.224. The number of H-pyrrole nitrogens is 1. The Morgan fingerprint density at radius 2 is 2.00 bits per heavy atom. The van der Waals surface area contributed by atoms with E-state index in [9.17, 15) is 4.79 Å². The van der Waals surface area contributed by atoms with Crippen LogP contribution in [0.3, 0.4) is 0 Å². The van der Waals surface area contributed by atoms with Gasteiger partial charge in [0.15, 0.2) is 0 Å². The molecular formula is C17H16ClN5O. The summed E-state index contributed by atoms with van der Waals surface area (Å²) in [5.74, 6) is 0.134. The maximum absolute atomic E-state index is 12.3. The van der Waals surface area contributed by atoms with Crippen LogP contribution in [-0.4, -0.2) is 27.9 Å². The molecular weight excluding hydrogens is 326 g/mol. The number of carbonyl (C=O) groups is 1. The van der Waals surface area contributed by atoms with Gasteiger partial charge in [-0.25, -0.2) is 9.97 Å². The van der Waals surface area contributed by atoms with Crippen molar-refractivity contribution in [1.29, 1.82) is 0 Å². The van der Waals surface area contributed by atoms with Gasteiger partial charge in [-0.2, -0.15) is 0 Å². The molecule has 0 aliphatic carbocycles. The monoisotopic (exact) mass is 341 g/mol. The summed E-state index contributed by atoms with van der Waals surface area (Å²) in [6.07, 6.45) is 1.38. The smallest absolute Gasteiger partial charge is 0.268 e. The third-order valence-electron chi connectivity index (χ3n) is 3.73. The quantitative estimate of drug-likeness (QED) is 0.682. The van der Waals surface area contributed by atoms with E-state index in [1.165, 1.54) is 6.33 Å². The highest BCUT2D eigenvalue weighted by Crippen LogP contribution is 2.33. The second-order valence-electron chi connectivity index (χ2n) is 5.34. The molecule has 0 radical (unpaired) electrons. The number of halogens is 1. The number of aromatic amines is 1. The van der Waals surface area contributed by atoms with Gasteiger partial charge in [0.05, 0.1) is 11.4 Å². The van der Waals surface area contributed by atoms with Gasteiger partial charge in [-0.3, -0.25) is 4.79 Å². The number of nitrogens with two attached hydrogens (primary N) is 1. The van der Waals surface area contributed by atoms with E-state index in [0.717, 1.165) is 16.7 Å². The van der Waals surface area contributed by atoms with Crippen molar-refractivity contribution in [3.05, 3.63) is 52.9 Å². The highest BCUT2D eigenvalue weighted by atomic mass is 35.5. The van der Waals surface area contributed by atoms with Crippen LogP contribution in [0, 0.1) is 6.92 Å². The van der Waals surface area contributed by atoms with Gasteiger partial charge in [0.25, 0.3) is 5.91 Å². The molecule has 0 bridgehead atoms. The summed E-state index contributed by atoms with van der Waals surface area (Å²) in [5, 5.41) is 3.25. The summed E-state index contributed by atoms with van der Waals surface area (Å²) >= 11 is 6.13. The van der Waals surface area contributed by atoms with E-state index >= 15 is 0 Å². The molecule has 6 nitrogen and oxygen atoms in total. The molecule has 1 aromatic carbocycles. The lowest BCUT2D eigenvalue weighted by Crippen LogP contribution is -2.19. The molecule has 0 saturated heterocycles. The first-order valence-corrected chi connectivity index (χ1v) is 7.67. The summed E-state index contributed by atoms with van der Waals surface area (Å²) in [6.45, 7) is 1.97. The van der Waals surface area contributed by atoms with Crippen LogP contribution in [0.5, 0.6) is 0 Å². The second-order valence-corrected chi connectivity index (χ2v) is 5.77. The minimum absolute atomic E-state index is 0.224. The molecule has 0 aliphatic rings. The third-order valence-corrected chi connectivity index (χ3v) is 3.96. The van der Waals surface area contributed by atoms with Gasteiger partial charge >= 0.3 is 0 Å². The molecule has 7 heteroatoms. The van der Waals surface area contributed by atoms with Gasteiger partial charge in [0.1, 0.15) is 17.8 Å². The van der Waals surface area contributed by atoms with E-state index in [1.807, 2.05) is 31.2 Å². The number of hydrogen-bond donors (Lipinski definition) is 3. The summed E-state index contributed by atoms with van der Waals surface area (Å²) in [6, 6.07) is 9.09. The Labute approximate surface area is 144 Å². The molecule has 122 valence electrons. The maximum atomic E-state index is 12.3. The third kappa shape index (κ3) is 2.96. The molecule has 24 heavy (non-hydrogen) atoms. The van der Waals surface area contributed by atoms with Gasteiger partial charge in [0.2, 0.25) is 0 Å². The Balaban J connectivity index is 2.21. The average molecular weight is 342 g/mol. The number of aromatic nitrogens is 3. The summed E-state index contributed by atoms with van der Waals surface area (Å²) in [4.78, 5) is 23.5. The number of benzene rings is 1. The molecule has 1 amide bonds. The predicted molar refractivity (Wildman–Crippen MR) is 94.8 cm³/mol. The van der Waals surface area contributed by atoms with E-state index in [-0.39, 0.29) is 5.91 Å². The Bertz CT molecular complexity index is 919. The molecule has 0 spiro atoms. The number of amides is 1. The highest BCUT2D eigenvalue weighted by Gasteiger charge is 2.19.